The zero-order valence-corrected chi connectivity index (χ0v) is 13.0. The van der Waals surface area contributed by atoms with Gasteiger partial charge in [0.05, 0.1) is 10.6 Å². The van der Waals surface area contributed by atoms with Crippen molar-refractivity contribution < 1.29 is 14.7 Å². The summed E-state index contributed by atoms with van der Waals surface area (Å²) in [5.41, 5.74) is 0.381. The average molecular weight is 330 g/mol. The molecule has 1 fully saturated rings. The molecule has 1 aromatic carbocycles. The van der Waals surface area contributed by atoms with Crippen LogP contribution in [0.3, 0.4) is 0 Å². The molecular formula is C15H17Cl2NO3. The third-order valence-electron chi connectivity index (χ3n) is 3.74. The van der Waals surface area contributed by atoms with Crippen LogP contribution in [0.15, 0.2) is 18.2 Å². The highest BCUT2D eigenvalue weighted by Gasteiger charge is 2.28. The highest BCUT2D eigenvalue weighted by Crippen LogP contribution is 2.27. The molecule has 1 N–H and O–H groups in total. The molecule has 0 aromatic heterocycles. The number of carbonyl (C=O) groups excluding carboxylic acids is 1. The topological polar surface area (TPSA) is 57.6 Å². The minimum absolute atomic E-state index is 0.0441. The largest absolute Gasteiger partial charge is 0.481 e. The summed E-state index contributed by atoms with van der Waals surface area (Å²) < 4.78 is 0. The van der Waals surface area contributed by atoms with Crippen molar-refractivity contribution in [2.24, 2.45) is 0 Å². The second-order valence-electron chi connectivity index (χ2n) is 5.20. The van der Waals surface area contributed by atoms with Crippen molar-refractivity contribution in [2.75, 3.05) is 6.54 Å². The van der Waals surface area contributed by atoms with Gasteiger partial charge in [0.2, 0.25) is 0 Å². The molecule has 1 saturated heterocycles. The molecule has 0 bridgehead atoms. The standard InChI is InChI=1S/C15H17Cl2NO3/c16-10-4-6-13(17)12(9-10)15(21)18-8-2-1-3-11(18)5-7-14(19)20/h4,6,9,11H,1-3,5,7-8H2,(H,19,20). The van der Waals surface area contributed by atoms with Gasteiger partial charge < -0.3 is 10.0 Å². The van der Waals surface area contributed by atoms with E-state index in [9.17, 15) is 9.59 Å². The molecule has 0 aliphatic carbocycles. The van der Waals surface area contributed by atoms with Crippen LogP contribution in [-0.4, -0.2) is 34.5 Å². The lowest BCUT2D eigenvalue weighted by molar-refractivity contribution is -0.137. The Morgan fingerprint density at radius 2 is 2.05 bits per heavy atom. The Hall–Kier alpha value is -1.26. The van der Waals surface area contributed by atoms with Crippen LogP contribution < -0.4 is 0 Å². The van der Waals surface area contributed by atoms with Gasteiger partial charge in [-0.05, 0) is 43.9 Å². The van der Waals surface area contributed by atoms with Crippen LogP contribution in [-0.2, 0) is 4.79 Å². The second kappa shape index (κ2) is 7.14. The number of carboxylic acid groups (broad SMARTS) is 1. The van der Waals surface area contributed by atoms with E-state index in [2.05, 4.69) is 0 Å². The number of hydrogen-bond acceptors (Lipinski definition) is 2. The number of benzene rings is 1. The molecule has 2 rings (SSSR count). The molecule has 0 radical (unpaired) electrons. The number of aliphatic carboxylic acids is 1. The van der Waals surface area contributed by atoms with Crippen LogP contribution in [0, 0.1) is 0 Å². The van der Waals surface area contributed by atoms with Crippen LogP contribution >= 0.6 is 23.2 Å². The first kappa shape index (κ1) is 16.1. The number of rotatable bonds is 4. The Bertz CT molecular complexity index is 548. The van der Waals surface area contributed by atoms with Crippen molar-refractivity contribution in [2.45, 2.75) is 38.1 Å². The van der Waals surface area contributed by atoms with E-state index in [1.807, 2.05) is 0 Å². The van der Waals surface area contributed by atoms with Gasteiger partial charge in [-0.2, -0.15) is 0 Å². The molecule has 1 amide bonds. The number of hydrogen-bond donors (Lipinski definition) is 1. The normalized spacial score (nSPS) is 18.6. The lowest BCUT2D eigenvalue weighted by atomic mass is 9.97. The Morgan fingerprint density at radius 1 is 1.29 bits per heavy atom. The average Bonchev–Trinajstić information content (AvgIpc) is 2.47. The minimum atomic E-state index is -0.839. The summed E-state index contributed by atoms with van der Waals surface area (Å²) in [6, 6.07) is 4.76. The summed E-state index contributed by atoms with van der Waals surface area (Å²) in [5.74, 6) is -1.01. The molecule has 0 spiro atoms. The first-order chi connectivity index (χ1) is 9.99. The van der Waals surface area contributed by atoms with E-state index >= 15 is 0 Å². The fraction of sp³-hybridized carbons (Fsp3) is 0.467. The number of nitrogens with zero attached hydrogens (tertiary/aromatic N) is 1. The van der Waals surface area contributed by atoms with E-state index in [1.165, 1.54) is 0 Å². The molecule has 1 unspecified atom stereocenters. The maximum absolute atomic E-state index is 12.7. The summed E-state index contributed by atoms with van der Waals surface area (Å²) >= 11 is 12.0. The predicted octanol–water partition coefficient (Wildman–Crippen LogP) is 3.85. The fourth-order valence-electron chi connectivity index (χ4n) is 2.67. The Kier molecular flexibility index (Phi) is 5.48. The maximum atomic E-state index is 12.7. The van der Waals surface area contributed by atoms with Gasteiger partial charge in [-0.1, -0.05) is 23.2 Å². The summed E-state index contributed by atoms with van der Waals surface area (Å²) in [7, 11) is 0. The number of carboxylic acids is 1. The van der Waals surface area contributed by atoms with Crippen LogP contribution in [0.4, 0.5) is 0 Å². The van der Waals surface area contributed by atoms with E-state index in [-0.39, 0.29) is 18.4 Å². The smallest absolute Gasteiger partial charge is 0.303 e. The minimum Gasteiger partial charge on any atom is -0.481 e. The van der Waals surface area contributed by atoms with Crippen LogP contribution in [0.25, 0.3) is 0 Å². The van der Waals surface area contributed by atoms with Crippen molar-refractivity contribution in [3.63, 3.8) is 0 Å². The molecular weight excluding hydrogens is 313 g/mol. The SMILES string of the molecule is O=C(O)CCC1CCCCN1C(=O)c1cc(Cl)ccc1Cl. The molecule has 21 heavy (non-hydrogen) atoms. The maximum Gasteiger partial charge on any atom is 0.303 e. The van der Waals surface area contributed by atoms with Crippen molar-refractivity contribution in [3.05, 3.63) is 33.8 Å². The van der Waals surface area contributed by atoms with Crippen molar-refractivity contribution >= 4 is 35.1 Å². The predicted molar refractivity (Wildman–Crippen MR) is 82.0 cm³/mol. The molecule has 114 valence electrons. The summed E-state index contributed by atoms with van der Waals surface area (Å²) in [4.78, 5) is 25.1. The van der Waals surface area contributed by atoms with Gasteiger partial charge in [0.1, 0.15) is 0 Å². The second-order valence-corrected chi connectivity index (χ2v) is 6.05. The lowest BCUT2D eigenvalue weighted by Crippen LogP contribution is -2.44. The molecule has 1 aromatic rings. The van der Waals surface area contributed by atoms with Crippen molar-refractivity contribution in [1.82, 2.24) is 4.90 Å². The molecule has 0 saturated carbocycles. The number of carbonyl (C=O) groups is 2. The van der Waals surface area contributed by atoms with E-state index in [0.29, 0.717) is 28.6 Å². The molecule has 4 nitrogen and oxygen atoms in total. The van der Waals surface area contributed by atoms with Gasteiger partial charge in [-0.25, -0.2) is 0 Å². The third-order valence-corrected chi connectivity index (χ3v) is 4.30. The molecule has 1 aliphatic rings. The Morgan fingerprint density at radius 3 is 2.76 bits per heavy atom. The Balaban J connectivity index is 2.18. The van der Waals surface area contributed by atoms with Gasteiger partial charge in [-0.15, -0.1) is 0 Å². The van der Waals surface area contributed by atoms with Crippen LogP contribution in [0.5, 0.6) is 0 Å². The first-order valence-corrected chi connectivity index (χ1v) is 7.72. The molecule has 6 heteroatoms. The monoisotopic (exact) mass is 329 g/mol. The van der Waals surface area contributed by atoms with Crippen molar-refractivity contribution in [3.8, 4) is 0 Å². The van der Waals surface area contributed by atoms with Crippen LogP contribution in [0.2, 0.25) is 10.0 Å². The van der Waals surface area contributed by atoms with Gasteiger partial charge in [-0.3, -0.25) is 9.59 Å². The molecule has 1 aliphatic heterocycles. The van der Waals surface area contributed by atoms with E-state index in [0.717, 1.165) is 19.3 Å². The number of likely N-dealkylation sites (tertiary alicyclic amines) is 1. The highest BCUT2D eigenvalue weighted by atomic mass is 35.5. The fourth-order valence-corrected chi connectivity index (χ4v) is 3.04. The summed E-state index contributed by atoms with van der Waals surface area (Å²) in [6.07, 6.45) is 3.30. The molecule has 1 heterocycles. The van der Waals surface area contributed by atoms with Gasteiger partial charge >= 0.3 is 5.97 Å². The van der Waals surface area contributed by atoms with E-state index < -0.39 is 5.97 Å². The molecule has 1 atom stereocenters. The van der Waals surface area contributed by atoms with Crippen LogP contribution in [0.1, 0.15) is 42.5 Å². The highest BCUT2D eigenvalue weighted by molar-refractivity contribution is 6.35. The third kappa shape index (κ3) is 4.11. The first-order valence-electron chi connectivity index (χ1n) is 6.97. The quantitative estimate of drug-likeness (QED) is 0.912. The lowest BCUT2D eigenvalue weighted by Gasteiger charge is -2.36. The number of piperidine rings is 1. The summed E-state index contributed by atoms with van der Waals surface area (Å²) in [6.45, 7) is 0.631. The van der Waals surface area contributed by atoms with Gasteiger partial charge in [0.25, 0.3) is 5.91 Å². The zero-order valence-electron chi connectivity index (χ0n) is 11.5. The zero-order chi connectivity index (χ0) is 15.4. The van der Waals surface area contributed by atoms with E-state index in [1.54, 1.807) is 23.1 Å². The number of halogens is 2. The number of amides is 1. The van der Waals surface area contributed by atoms with Crippen molar-refractivity contribution in [1.29, 1.82) is 0 Å². The Labute approximate surface area is 133 Å². The summed E-state index contributed by atoms with van der Waals surface area (Å²) in [5, 5.41) is 9.65. The van der Waals surface area contributed by atoms with Gasteiger partial charge in [0, 0.05) is 24.0 Å². The van der Waals surface area contributed by atoms with E-state index in [4.69, 9.17) is 28.3 Å². The van der Waals surface area contributed by atoms with Gasteiger partial charge in [0.15, 0.2) is 0 Å².